The highest BCUT2D eigenvalue weighted by Gasteiger charge is 2.34. The topological polar surface area (TPSA) is 43.8 Å². The summed E-state index contributed by atoms with van der Waals surface area (Å²) in [6.45, 7) is 1.30. The van der Waals surface area contributed by atoms with Gasteiger partial charge in [-0.25, -0.2) is 10.0 Å². The maximum atomic E-state index is 12.6. The van der Waals surface area contributed by atoms with E-state index < -0.39 is 6.23 Å². The van der Waals surface area contributed by atoms with E-state index in [1.165, 1.54) is 5.01 Å². The van der Waals surface area contributed by atoms with Gasteiger partial charge in [-0.1, -0.05) is 48.5 Å². The summed E-state index contributed by atoms with van der Waals surface area (Å²) in [7, 11) is 0. The number of hydrazine groups is 1. The number of carbonyl (C=O) groups excluding carboxylic acids is 1. The molecule has 2 aromatic carbocycles. The summed E-state index contributed by atoms with van der Waals surface area (Å²) in [6, 6.07) is 19.0. The molecule has 3 rings (SSSR count). The third-order valence-electron chi connectivity index (χ3n) is 3.67. The summed E-state index contributed by atoms with van der Waals surface area (Å²) in [4.78, 5) is 12.6. The molecule has 1 unspecified atom stereocenters. The second-order valence-corrected chi connectivity index (χ2v) is 5.16. The Kier molecular flexibility index (Phi) is 3.99. The molecule has 1 fully saturated rings. The Morgan fingerprint density at radius 2 is 1.67 bits per heavy atom. The standard InChI is InChI=1S/C17H18N2O2/c20-16-11-12-18(13-14-7-3-1-4-8-14)19(16)17(21)15-9-5-2-6-10-15/h1-10,16,20H,11-13H2. The van der Waals surface area contributed by atoms with Crippen molar-refractivity contribution in [3.63, 3.8) is 0 Å². The van der Waals surface area contributed by atoms with Crippen molar-refractivity contribution in [2.75, 3.05) is 6.54 Å². The number of hydrogen-bond acceptors (Lipinski definition) is 3. The molecule has 2 aromatic rings. The summed E-state index contributed by atoms with van der Waals surface area (Å²) in [5.74, 6) is -0.156. The fourth-order valence-corrected chi connectivity index (χ4v) is 2.61. The molecular formula is C17H18N2O2. The van der Waals surface area contributed by atoms with E-state index in [0.29, 0.717) is 25.1 Å². The molecule has 4 nitrogen and oxygen atoms in total. The fourth-order valence-electron chi connectivity index (χ4n) is 2.61. The van der Waals surface area contributed by atoms with Crippen LogP contribution < -0.4 is 0 Å². The predicted octanol–water partition coefficient (Wildman–Crippen LogP) is 2.27. The average molecular weight is 282 g/mol. The Bertz CT molecular complexity index is 601. The van der Waals surface area contributed by atoms with Gasteiger partial charge in [-0.2, -0.15) is 0 Å². The van der Waals surface area contributed by atoms with E-state index in [4.69, 9.17) is 0 Å². The number of amides is 1. The zero-order chi connectivity index (χ0) is 14.7. The minimum absolute atomic E-state index is 0.156. The summed E-state index contributed by atoms with van der Waals surface area (Å²) in [5, 5.41) is 13.5. The normalized spacial score (nSPS) is 18.9. The first kappa shape index (κ1) is 13.8. The lowest BCUT2D eigenvalue weighted by atomic mass is 10.2. The highest BCUT2D eigenvalue weighted by Crippen LogP contribution is 2.22. The maximum Gasteiger partial charge on any atom is 0.270 e. The van der Waals surface area contributed by atoms with Crippen LogP contribution in [0.3, 0.4) is 0 Å². The van der Waals surface area contributed by atoms with E-state index in [1.54, 1.807) is 12.1 Å². The van der Waals surface area contributed by atoms with Gasteiger partial charge in [0, 0.05) is 25.1 Å². The largest absolute Gasteiger partial charge is 0.372 e. The van der Waals surface area contributed by atoms with Gasteiger partial charge in [0.15, 0.2) is 0 Å². The molecule has 1 saturated heterocycles. The second kappa shape index (κ2) is 6.08. The third kappa shape index (κ3) is 2.96. The van der Waals surface area contributed by atoms with E-state index in [1.807, 2.05) is 53.5 Å². The van der Waals surface area contributed by atoms with Crippen LogP contribution in [0, 0.1) is 0 Å². The van der Waals surface area contributed by atoms with Gasteiger partial charge in [0.25, 0.3) is 5.91 Å². The van der Waals surface area contributed by atoms with Crippen LogP contribution in [0.4, 0.5) is 0 Å². The molecule has 1 aliphatic rings. The minimum Gasteiger partial charge on any atom is -0.372 e. The number of aliphatic hydroxyl groups excluding tert-OH is 1. The fraction of sp³-hybridized carbons (Fsp3) is 0.235. The van der Waals surface area contributed by atoms with Gasteiger partial charge >= 0.3 is 0 Å². The lowest BCUT2D eigenvalue weighted by molar-refractivity contribution is -0.0599. The van der Waals surface area contributed by atoms with Crippen molar-refractivity contribution < 1.29 is 9.90 Å². The maximum absolute atomic E-state index is 12.6. The van der Waals surface area contributed by atoms with Crippen LogP contribution in [0.5, 0.6) is 0 Å². The van der Waals surface area contributed by atoms with Crippen LogP contribution in [0.1, 0.15) is 22.3 Å². The van der Waals surface area contributed by atoms with E-state index in [9.17, 15) is 9.90 Å². The molecule has 0 aliphatic carbocycles. The van der Waals surface area contributed by atoms with E-state index in [-0.39, 0.29) is 5.91 Å². The minimum atomic E-state index is -0.749. The molecular weight excluding hydrogens is 264 g/mol. The first-order valence-electron chi connectivity index (χ1n) is 7.11. The van der Waals surface area contributed by atoms with E-state index in [2.05, 4.69) is 0 Å². The monoisotopic (exact) mass is 282 g/mol. The molecule has 1 aliphatic heterocycles. The van der Waals surface area contributed by atoms with Crippen LogP contribution in [-0.4, -0.2) is 33.8 Å². The highest BCUT2D eigenvalue weighted by molar-refractivity contribution is 5.94. The number of aliphatic hydroxyl groups is 1. The quantitative estimate of drug-likeness (QED) is 0.939. The molecule has 1 amide bonds. The molecule has 0 spiro atoms. The van der Waals surface area contributed by atoms with Crippen molar-refractivity contribution >= 4 is 5.91 Å². The number of hydrogen-bond donors (Lipinski definition) is 1. The van der Waals surface area contributed by atoms with Gasteiger partial charge in [0.1, 0.15) is 6.23 Å². The Morgan fingerprint density at radius 1 is 1.05 bits per heavy atom. The summed E-state index contributed by atoms with van der Waals surface area (Å²) < 4.78 is 0. The Labute approximate surface area is 124 Å². The number of benzene rings is 2. The van der Waals surface area contributed by atoms with Crippen LogP contribution in [0.25, 0.3) is 0 Å². The number of carbonyl (C=O) groups is 1. The van der Waals surface area contributed by atoms with Gasteiger partial charge in [0.05, 0.1) is 0 Å². The Morgan fingerprint density at radius 3 is 2.33 bits per heavy atom. The van der Waals surface area contributed by atoms with Crippen LogP contribution in [0.2, 0.25) is 0 Å². The molecule has 1 atom stereocenters. The first-order chi connectivity index (χ1) is 10.3. The Balaban J connectivity index is 1.80. The van der Waals surface area contributed by atoms with Crippen molar-refractivity contribution in [1.29, 1.82) is 0 Å². The van der Waals surface area contributed by atoms with Gasteiger partial charge in [-0.05, 0) is 17.7 Å². The third-order valence-corrected chi connectivity index (χ3v) is 3.67. The molecule has 0 radical (unpaired) electrons. The zero-order valence-corrected chi connectivity index (χ0v) is 11.7. The molecule has 4 heteroatoms. The van der Waals surface area contributed by atoms with Crippen molar-refractivity contribution in [2.24, 2.45) is 0 Å². The van der Waals surface area contributed by atoms with Crippen LogP contribution in [-0.2, 0) is 6.54 Å². The number of rotatable bonds is 3. The smallest absolute Gasteiger partial charge is 0.270 e. The SMILES string of the molecule is O=C(c1ccccc1)N1C(O)CCN1Cc1ccccc1. The summed E-state index contributed by atoms with van der Waals surface area (Å²) in [6.07, 6.45) is -0.174. The van der Waals surface area contributed by atoms with Gasteiger partial charge in [0.2, 0.25) is 0 Å². The van der Waals surface area contributed by atoms with Crippen molar-refractivity contribution in [3.8, 4) is 0 Å². The van der Waals surface area contributed by atoms with E-state index in [0.717, 1.165) is 5.56 Å². The summed E-state index contributed by atoms with van der Waals surface area (Å²) in [5.41, 5.74) is 1.72. The first-order valence-corrected chi connectivity index (χ1v) is 7.11. The molecule has 21 heavy (non-hydrogen) atoms. The zero-order valence-electron chi connectivity index (χ0n) is 11.7. The Hall–Kier alpha value is -2.17. The highest BCUT2D eigenvalue weighted by atomic mass is 16.3. The average Bonchev–Trinajstić information content (AvgIpc) is 2.89. The van der Waals surface area contributed by atoms with Gasteiger partial charge in [-0.15, -0.1) is 0 Å². The molecule has 108 valence electrons. The molecule has 0 aromatic heterocycles. The van der Waals surface area contributed by atoms with Crippen molar-refractivity contribution in [2.45, 2.75) is 19.2 Å². The number of nitrogens with zero attached hydrogens (tertiary/aromatic N) is 2. The lowest BCUT2D eigenvalue weighted by Gasteiger charge is -2.30. The van der Waals surface area contributed by atoms with Crippen molar-refractivity contribution in [1.82, 2.24) is 10.0 Å². The summed E-state index contributed by atoms with van der Waals surface area (Å²) >= 11 is 0. The van der Waals surface area contributed by atoms with Gasteiger partial charge in [-0.3, -0.25) is 4.79 Å². The second-order valence-electron chi connectivity index (χ2n) is 5.16. The molecule has 1 N–H and O–H groups in total. The molecule has 0 saturated carbocycles. The van der Waals surface area contributed by atoms with Crippen LogP contribution in [0.15, 0.2) is 60.7 Å². The van der Waals surface area contributed by atoms with Crippen molar-refractivity contribution in [3.05, 3.63) is 71.8 Å². The predicted molar refractivity (Wildman–Crippen MR) is 80.1 cm³/mol. The van der Waals surface area contributed by atoms with Crippen LogP contribution >= 0.6 is 0 Å². The molecule has 1 heterocycles. The lowest BCUT2D eigenvalue weighted by Crippen LogP contribution is -2.45. The molecule has 0 bridgehead atoms. The van der Waals surface area contributed by atoms with E-state index >= 15 is 0 Å². The van der Waals surface area contributed by atoms with Gasteiger partial charge < -0.3 is 5.11 Å².